The molecule has 1 fully saturated rings. The lowest BCUT2D eigenvalue weighted by Crippen LogP contribution is -2.31. The third kappa shape index (κ3) is 3.43. The summed E-state index contributed by atoms with van der Waals surface area (Å²) in [7, 11) is 0. The molecule has 0 aliphatic carbocycles. The molecule has 2 aromatic rings. The highest BCUT2D eigenvalue weighted by Gasteiger charge is 2.22. The molecule has 21 heavy (non-hydrogen) atoms. The SMILES string of the molecule is NC[C@@H](c1cccc(Oc2ccccc2)c1)N1CCCC1. The van der Waals surface area contributed by atoms with E-state index in [0.717, 1.165) is 24.6 Å². The van der Waals surface area contributed by atoms with E-state index in [1.807, 2.05) is 42.5 Å². The summed E-state index contributed by atoms with van der Waals surface area (Å²) in [6, 6.07) is 18.5. The van der Waals surface area contributed by atoms with Crippen LogP contribution in [0.3, 0.4) is 0 Å². The van der Waals surface area contributed by atoms with E-state index in [2.05, 4.69) is 17.0 Å². The minimum atomic E-state index is 0.298. The van der Waals surface area contributed by atoms with Crippen LogP contribution in [0.1, 0.15) is 24.4 Å². The maximum Gasteiger partial charge on any atom is 0.127 e. The topological polar surface area (TPSA) is 38.5 Å². The van der Waals surface area contributed by atoms with Gasteiger partial charge in [0.05, 0.1) is 0 Å². The fourth-order valence-electron chi connectivity index (χ4n) is 2.96. The van der Waals surface area contributed by atoms with Crippen LogP contribution in [0.15, 0.2) is 54.6 Å². The summed E-state index contributed by atoms with van der Waals surface area (Å²) in [5.41, 5.74) is 7.25. The highest BCUT2D eigenvalue weighted by molar-refractivity contribution is 5.35. The second-order valence-corrected chi connectivity index (χ2v) is 5.48. The zero-order valence-corrected chi connectivity index (χ0v) is 12.2. The molecule has 1 atom stereocenters. The number of rotatable bonds is 5. The van der Waals surface area contributed by atoms with Gasteiger partial charge in [0.2, 0.25) is 0 Å². The predicted molar refractivity (Wildman–Crippen MR) is 85.6 cm³/mol. The Balaban J connectivity index is 1.78. The molecule has 0 radical (unpaired) electrons. The van der Waals surface area contributed by atoms with Crippen LogP contribution in [-0.2, 0) is 0 Å². The van der Waals surface area contributed by atoms with Gasteiger partial charge in [0, 0.05) is 12.6 Å². The first-order valence-corrected chi connectivity index (χ1v) is 7.64. The first-order chi connectivity index (χ1) is 10.4. The molecular weight excluding hydrogens is 260 g/mol. The molecule has 1 aliphatic rings. The lowest BCUT2D eigenvalue weighted by atomic mass is 10.1. The average molecular weight is 282 g/mol. The molecule has 2 N–H and O–H groups in total. The van der Waals surface area contributed by atoms with Gasteiger partial charge in [0.25, 0.3) is 0 Å². The molecule has 0 bridgehead atoms. The van der Waals surface area contributed by atoms with Crippen molar-refractivity contribution in [1.82, 2.24) is 4.90 Å². The molecule has 3 nitrogen and oxygen atoms in total. The Labute approximate surface area is 126 Å². The summed E-state index contributed by atoms with van der Waals surface area (Å²) in [6.07, 6.45) is 2.55. The van der Waals surface area contributed by atoms with Crippen LogP contribution in [0.2, 0.25) is 0 Å². The van der Waals surface area contributed by atoms with E-state index in [1.54, 1.807) is 0 Å². The molecule has 3 heteroatoms. The Bertz CT molecular complexity index is 564. The van der Waals surface area contributed by atoms with Crippen LogP contribution in [0.25, 0.3) is 0 Å². The van der Waals surface area contributed by atoms with E-state index in [4.69, 9.17) is 10.5 Å². The molecule has 1 aliphatic heterocycles. The van der Waals surface area contributed by atoms with Crippen LogP contribution in [0.4, 0.5) is 0 Å². The Morgan fingerprint density at radius 3 is 2.38 bits per heavy atom. The molecule has 0 saturated carbocycles. The fourth-order valence-corrected chi connectivity index (χ4v) is 2.96. The zero-order valence-electron chi connectivity index (χ0n) is 12.2. The van der Waals surface area contributed by atoms with E-state index >= 15 is 0 Å². The van der Waals surface area contributed by atoms with Gasteiger partial charge in [-0.2, -0.15) is 0 Å². The van der Waals surface area contributed by atoms with Crippen molar-refractivity contribution in [2.45, 2.75) is 18.9 Å². The smallest absolute Gasteiger partial charge is 0.127 e. The number of benzene rings is 2. The van der Waals surface area contributed by atoms with E-state index in [-0.39, 0.29) is 0 Å². The molecule has 3 rings (SSSR count). The van der Waals surface area contributed by atoms with Crippen molar-refractivity contribution in [3.05, 3.63) is 60.2 Å². The molecule has 1 saturated heterocycles. The van der Waals surface area contributed by atoms with Crippen molar-refractivity contribution < 1.29 is 4.74 Å². The molecule has 0 spiro atoms. The van der Waals surface area contributed by atoms with Crippen molar-refractivity contribution in [3.63, 3.8) is 0 Å². The zero-order chi connectivity index (χ0) is 14.5. The number of nitrogens with zero attached hydrogens (tertiary/aromatic N) is 1. The second kappa shape index (κ2) is 6.74. The first-order valence-electron chi connectivity index (χ1n) is 7.64. The maximum atomic E-state index is 6.00. The van der Waals surface area contributed by atoms with Gasteiger partial charge in [0.1, 0.15) is 11.5 Å². The van der Waals surface area contributed by atoms with Gasteiger partial charge in [-0.25, -0.2) is 0 Å². The normalized spacial score (nSPS) is 16.8. The molecule has 0 aromatic heterocycles. The monoisotopic (exact) mass is 282 g/mol. The van der Waals surface area contributed by atoms with Crippen LogP contribution >= 0.6 is 0 Å². The molecule has 2 aromatic carbocycles. The minimum absolute atomic E-state index is 0.298. The first kappa shape index (κ1) is 14.1. The maximum absolute atomic E-state index is 6.00. The van der Waals surface area contributed by atoms with Crippen molar-refractivity contribution in [2.24, 2.45) is 5.73 Å². The summed E-state index contributed by atoms with van der Waals surface area (Å²) in [5, 5.41) is 0. The van der Waals surface area contributed by atoms with Crippen molar-refractivity contribution in [1.29, 1.82) is 0 Å². The third-order valence-electron chi connectivity index (χ3n) is 4.03. The van der Waals surface area contributed by atoms with E-state index in [1.165, 1.54) is 18.4 Å². The Kier molecular flexibility index (Phi) is 4.53. The third-order valence-corrected chi connectivity index (χ3v) is 4.03. The van der Waals surface area contributed by atoms with Crippen molar-refractivity contribution >= 4 is 0 Å². The number of hydrogen-bond donors (Lipinski definition) is 1. The fraction of sp³-hybridized carbons (Fsp3) is 0.333. The number of ether oxygens (including phenoxy) is 1. The molecule has 0 amide bonds. The van der Waals surface area contributed by atoms with Gasteiger partial charge in [0.15, 0.2) is 0 Å². The molecule has 110 valence electrons. The van der Waals surface area contributed by atoms with E-state index in [9.17, 15) is 0 Å². The standard InChI is InChI=1S/C18H22N2O/c19-14-18(20-11-4-5-12-20)15-7-6-10-17(13-15)21-16-8-2-1-3-9-16/h1-3,6-10,13,18H,4-5,11-12,14,19H2/t18-/m0/s1. The quantitative estimate of drug-likeness (QED) is 0.911. The van der Waals surface area contributed by atoms with Crippen LogP contribution in [0, 0.1) is 0 Å². The summed E-state index contributed by atoms with van der Waals surface area (Å²) in [5.74, 6) is 1.73. The van der Waals surface area contributed by atoms with Gasteiger partial charge in [-0.05, 0) is 55.8 Å². The lowest BCUT2D eigenvalue weighted by molar-refractivity contribution is 0.251. The van der Waals surface area contributed by atoms with Crippen molar-refractivity contribution in [3.8, 4) is 11.5 Å². The highest BCUT2D eigenvalue weighted by Crippen LogP contribution is 2.28. The molecular formula is C18H22N2O. The Morgan fingerprint density at radius 1 is 0.952 bits per heavy atom. The van der Waals surface area contributed by atoms with Crippen molar-refractivity contribution in [2.75, 3.05) is 19.6 Å². The number of para-hydroxylation sites is 1. The van der Waals surface area contributed by atoms with Gasteiger partial charge < -0.3 is 10.5 Å². The lowest BCUT2D eigenvalue weighted by Gasteiger charge is -2.26. The van der Waals surface area contributed by atoms with Crippen LogP contribution < -0.4 is 10.5 Å². The Morgan fingerprint density at radius 2 is 1.67 bits per heavy atom. The number of nitrogens with two attached hydrogens (primary N) is 1. The van der Waals surface area contributed by atoms with Gasteiger partial charge in [-0.3, -0.25) is 4.90 Å². The summed E-state index contributed by atoms with van der Waals surface area (Å²) < 4.78 is 5.92. The summed E-state index contributed by atoms with van der Waals surface area (Å²) in [6.45, 7) is 2.94. The molecule has 1 heterocycles. The predicted octanol–water partition coefficient (Wildman–Crippen LogP) is 3.57. The summed E-state index contributed by atoms with van der Waals surface area (Å²) >= 11 is 0. The van der Waals surface area contributed by atoms with Gasteiger partial charge in [-0.1, -0.05) is 30.3 Å². The van der Waals surface area contributed by atoms with Gasteiger partial charge in [-0.15, -0.1) is 0 Å². The molecule has 0 unspecified atom stereocenters. The van der Waals surface area contributed by atoms with Crippen LogP contribution in [0.5, 0.6) is 11.5 Å². The Hall–Kier alpha value is -1.84. The van der Waals surface area contributed by atoms with E-state index in [0.29, 0.717) is 12.6 Å². The minimum Gasteiger partial charge on any atom is -0.457 e. The average Bonchev–Trinajstić information content (AvgIpc) is 3.04. The summed E-state index contributed by atoms with van der Waals surface area (Å²) in [4.78, 5) is 2.47. The largest absolute Gasteiger partial charge is 0.457 e. The highest BCUT2D eigenvalue weighted by atomic mass is 16.5. The number of likely N-dealkylation sites (tertiary alicyclic amines) is 1. The van der Waals surface area contributed by atoms with E-state index < -0.39 is 0 Å². The number of hydrogen-bond acceptors (Lipinski definition) is 3. The van der Waals surface area contributed by atoms with Crippen LogP contribution in [-0.4, -0.2) is 24.5 Å². The van der Waals surface area contributed by atoms with Gasteiger partial charge >= 0.3 is 0 Å². The second-order valence-electron chi connectivity index (χ2n) is 5.48.